The summed E-state index contributed by atoms with van der Waals surface area (Å²) >= 11 is 0. The summed E-state index contributed by atoms with van der Waals surface area (Å²) < 4.78 is 7.73. The van der Waals surface area contributed by atoms with Crippen LogP contribution in [0.4, 0.5) is 4.79 Å². The van der Waals surface area contributed by atoms with E-state index in [2.05, 4.69) is 41.2 Å². The normalized spacial score (nSPS) is 22.4. The molecule has 3 heterocycles. The number of nitrogens with zero attached hydrogens (tertiary/aromatic N) is 5. The van der Waals surface area contributed by atoms with Gasteiger partial charge in [-0.2, -0.15) is 5.10 Å². The number of aryl methyl sites for hydroxylation is 1. The third-order valence-electron chi connectivity index (χ3n) is 5.69. The molecular weight excluding hydrogens is 344 g/mol. The highest BCUT2D eigenvalue weighted by molar-refractivity contribution is 5.74. The summed E-state index contributed by atoms with van der Waals surface area (Å²) in [5.74, 6) is 0. The number of carbonyl (C=O) groups is 1. The number of nitrogens with one attached hydrogen (secondary N) is 1. The molecule has 8 heteroatoms. The van der Waals surface area contributed by atoms with Gasteiger partial charge in [0.1, 0.15) is 6.10 Å². The Morgan fingerprint density at radius 2 is 2.11 bits per heavy atom. The van der Waals surface area contributed by atoms with Gasteiger partial charge in [-0.15, -0.1) is 0 Å². The van der Waals surface area contributed by atoms with Crippen molar-refractivity contribution < 1.29 is 9.53 Å². The number of urea groups is 1. The fraction of sp³-hybridized carbons (Fsp3) is 0.789. The zero-order valence-corrected chi connectivity index (χ0v) is 16.9. The minimum absolute atomic E-state index is 0.00867. The van der Waals surface area contributed by atoms with Crippen molar-refractivity contribution in [3.05, 3.63) is 18.0 Å². The number of carbonyl (C=O) groups excluding carboxylic acids is 1. The molecule has 27 heavy (non-hydrogen) atoms. The number of ether oxygens (including phenoxy) is 1. The van der Waals surface area contributed by atoms with Gasteiger partial charge in [0.2, 0.25) is 0 Å². The Kier molecular flexibility index (Phi) is 7.09. The highest BCUT2D eigenvalue weighted by Crippen LogP contribution is 2.21. The molecule has 0 saturated carbocycles. The van der Waals surface area contributed by atoms with Gasteiger partial charge < -0.3 is 24.8 Å². The summed E-state index contributed by atoms with van der Waals surface area (Å²) in [7, 11) is 4.31. The molecule has 2 aliphatic rings. The van der Waals surface area contributed by atoms with Crippen LogP contribution in [0.3, 0.4) is 0 Å². The smallest absolute Gasteiger partial charge is 0.317 e. The van der Waals surface area contributed by atoms with E-state index in [1.54, 1.807) is 0 Å². The quantitative estimate of drug-likeness (QED) is 0.800. The first kappa shape index (κ1) is 20.1. The van der Waals surface area contributed by atoms with E-state index in [1.807, 2.05) is 22.0 Å². The maximum Gasteiger partial charge on any atom is 0.317 e. The SMILES string of the molecule is CCn1cc([C@H]2CN(C(=O)NCCN3CCC(N(C)C)CC3)CCO2)cn1. The van der Waals surface area contributed by atoms with Crippen molar-refractivity contribution in [3.63, 3.8) is 0 Å². The van der Waals surface area contributed by atoms with Gasteiger partial charge in [-0.05, 0) is 47.0 Å². The summed E-state index contributed by atoms with van der Waals surface area (Å²) in [5, 5.41) is 7.39. The maximum absolute atomic E-state index is 12.5. The lowest BCUT2D eigenvalue weighted by atomic mass is 10.0. The van der Waals surface area contributed by atoms with E-state index in [9.17, 15) is 4.79 Å². The van der Waals surface area contributed by atoms with Crippen LogP contribution >= 0.6 is 0 Å². The van der Waals surface area contributed by atoms with Crippen molar-refractivity contribution in [2.24, 2.45) is 0 Å². The van der Waals surface area contributed by atoms with Gasteiger partial charge in [0.15, 0.2) is 0 Å². The van der Waals surface area contributed by atoms with Crippen LogP contribution in [-0.2, 0) is 11.3 Å². The third kappa shape index (κ3) is 5.43. The highest BCUT2D eigenvalue weighted by Gasteiger charge is 2.26. The van der Waals surface area contributed by atoms with Gasteiger partial charge in [0.25, 0.3) is 0 Å². The van der Waals surface area contributed by atoms with Gasteiger partial charge in [-0.3, -0.25) is 4.68 Å². The van der Waals surface area contributed by atoms with E-state index in [1.165, 1.54) is 12.8 Å². The Morgan fingerprint density at radius 3 is 2.78 bits per heavy atom. The van der Waals surface area contributed by atoms with E-state index in [-0.39, 0.29) is 12.1 Å². The molecule has 0 unspecified atom stereocenters. The predicted octanol–water partition coefficient (Wildman–Crippen LogP) is 1.01. The number of hydrogen-bond donors (Lipinski definition) is 1. The number of hydrogen-bond acceptors (Lipinski definition) is 5. The van der Waals surface area contributed by atoms with Crippen molar-refractivity contribution in [3.8, 4) is 0 Å². The first-order chi connectivity index (χ1) is 13.1. The molecule has 2 fully saturated rings. The number of morpholine rings is 1. The van der Waals surface area contributed by atoms with Crippen LogP contribution in [0.5, 0.6) is 0 Å². The Hall–Kier alpha value is -1.64. The molecule has 1 aromatic heterocycles. The molecule has 3 rings (SSSR count). The van der Waals surface area contributed by atoms with Gasteiger partial charge in [-0.25, -0.2) is 4.79 Å². The third-order valence-corrected chi connectivity index (χ3v) is 5.69. The van der Waals surface area contributed by atoms with Crippen LogP contribution in [0.1, 0.15) is 31.4 Å². The summed E-state index contributed by atoms with van der Waals surface area (Å²) in [4.78, 5) is 19.2. The molecule has 0 radical (unpaired) electrons. The Labute approximate surface area is 162 Å². The second-order valence-electron chi connectivity index (χ2n) is 7.70. The fourth-order valence-corrected chi connectivity index (χ4v) is 3.85. The van der Waals surface area contributed by atoms with Gasteiger partial charge in [-0.1, -0.05) is 0 Å². The highest BCUT2D eigenvalue weighted by atomic mass is 16.5. The lowest BCUT2D eigenvalue weighted by molar-refractivity contribution is -0.0155. The molecular formula is C19H34N6O2. The van der Waals surface area contributed by atoms with Crippen molar-refractivity contribution in [2.45, 2.75) is 38.5 Å². The molecule has 0 aromatic carbocycles. The topological polar surface area (TPSA) is 65.9 Å². The number of rotatable bonds is 6. The minimum Gasteiger partial charge on any atom is -0.370 e. The van der Waals surface area contributed by atoms with Crippen molar-refractivity contribution >= 4 is 6.03 Å². The van der Waals surface area contributed by atoms with Crippen molar-refractivity contribution in [1.82, 2.24) is 29.8 Å². The number of amides is 2. The molecule has 1 N–H and O–H groups in total. The minimum atomic E-state index is -0.0881. The second kappa shape index (κ2) is 9.52. The van der Waals surface area contributed by atoms with E-state index in [4.69, 9.17) is 4.74 Å². The number of aromatic nitrogens is 2. The van der Waals surface area contributed by atoms with E-state index >= 15 is 0 Å². The van der Waals surface area contributed by atoms with Crippen LogP contribution in [-0.4, -0.2) is 96.5 Å². The van der Waals surface area contributed by atoms with Crippen LogP contribution in [0, 0.1) is 0 Å². The summed E-state index contributed by atoms with van der Waals surface area (Å²) in [5.41, 5.74) is 1.04. The Morgan fingerprint density at radius 1 is 1.33 bits per heavy atom. The molecule has 0 aliphatic carbocycles. The maximum atomic E-state index is 12.5. The summed E-state index contributed by atoms with van der Waals surface area (Å²) in [6.45, 7) is 8.51. The van der Waals surface area contributed by atoms with Crippen molar-refractivity contribution in [2.75, 3.05) is 60.0 Å². The average Bonchev–Trinajstić information content (AvgIpc) is 3.18. The van der Waals surface area contributed by atoms with Crippen LogP contribution in [0.2, 0.25) is 0 Å². The summed E-state index contributed by atoms with van der Waals surface area (Å²) in [6, 6.07) is 0.701. The first-order valence-electron chi connectivity index (χ1n) is 10.1. The van der Waals surface area contributed by atoms with Crippen molar-refractivity contribution in [1.29, 1.82) is 0 Å². The number of likely N-dealkylation sites (tertiary alicyclic amines) is 1. The molecule has 0 spiro atoms. The van der Waals surface area contributed by atoms with E-state index < -0.39 is 0 Å². The van der Waals surface area contributed by atoms with E-state index in [0.29, 0.717) is 32.3 Å². The van der Waals surface area contributed by atoms with E-state index in [0.717, 1.165) is 31.7 Å². The zero-order valence-electron chi connectivity index (χ0n) is 16.9. The van der Waals surface area contributed by atoms with Crippen LogP contribution in [0.15, 0.2) is 12.4 Å². The largest absolute Gasteiger partial charge is 0.370 e. The molecule has 1 atom stereocenters. The zero-order chi connectivity index (χ0) is 19.2. The molecule has 152 valence electrons. The lowest BCUT2D eigenvalue weighted by Crippen LogP contribution is -2.49. The fourth-order valence-electron chi connectivity index (χ4n) is 3.85. The van der Waals surface area contributed by atoms with Crippen LogP contribution < -0.4 is 5.32 Å². The molecule has 2 amide bonds. The standard InChI is InChI=1S/C19H34N6O2/c1-4-25-14-16(13-21-25)18-15-24(11-12-27-18)19(26)20-7-10-23-8-5-17(6-9-23)22(2)3/h13-14,17-18H,4-12,15H2,1-3H3,(H,20,26)/t18-/m1/s1. The average molecular weight is 379 g/mol. The molecule has 8 nitrogen and oxygen atoms in total. The van der Waals surface area contributed by atoms with Gasteiger partial charge in [0.05, 0.1) is 19.3 Å². The van der Waals surface area contributed by atoms with Gasteiger partial charge in [0, 0.05) is 44.0 Å². The predicted molar refractivity (Wildman–Crippen MR) is 105 cm³/mol. The lowest BCUT2D eigenvalue weighted by Gasteiger charge is -2.35. The van der Waals surface area contributed by atoms with Crippen LogP contribution in [0.25, 0.3) is 0 Å². The second-order valence-corrected chi connectivity index (χ2v) is 7.70. The Bertz CT molecular complexity index is 597. The number of piperidine rings is 1. The Balaban J connectivity index is 1.39. The monoisotopic (exact) mass is 378 g/mol. The summed E-state index contributed by atoms with van der Waals surface area (Å²) in [6.07, 6.45) is 6.17. The molecule has 0 bridgehead atoms. The molecule has 2 saturated heterocycles. The molecule has 1 aromatic rings. The molecule has 2 aliphatic heterocycles. The van der Waals surface area contributed by atoms with Gasteiger partial charge >= 0.3 is 6.03 Å². The first-order valence-corrected chi connectivity index (χ1v) is 10.1.